The molecule has 1 saturated heterocycles. The van der Waals surface area contributed by atoms with E-state index in [1.54, 1.807) is 0 Å². The quantitative estimate of drug-likeness (QED) is 0.891. The molecule has 2 aliphatic rings. The van der Waals surface area contributed by atoms with Gasteiger partial charge in [-0.25, -0.2) is 4.79 Å². The zero-order chi connectivity index (χ0) is 16.8. The third-order valence-electron chi connectivity index (χ3n) is 5.26. The van der Waals surface area contributed by atoms with E-state index in [4.69, 9.17) is 4.74 Å². The molecular formula is C19H29N3O2. The number of ether oxygens (including phenoxy) is 1. The van der Waals surface area contributed by atoms with E-state index in [2.05, 4.69) is 21.7 Å². The van der Waals surface area contributed by atoms with Crippen molar-refractivity contribution in [2.45, 2.75) is 69.9 Å². The minimum Gasteiger partial charge on any atom is -0.375 e. The Labute approximate surface area is 144 Å². The summed E-state index contributed by atoms with van der Waals surface area (Å²) in [6, 6.07) is 4.24. The van der Waals surface area contributed by atoms with Crippen molar-refractivity contribution in [2.75, 3.05) is 13.2 Å². The number of nitrogens with zero attached hydrogens (tertiary/aromatic N) is 1. The molecule has 1 aromatic rings. The molecular weight excluding hydrogens is 302 g/mol. The lowest BCUT2D eigenvalue weighted by Crippen LogP contribution is -2.51. The van der Waals surface area contributed by atoms with E-state index in [0.717, 1.165) is 50.0 Å². The summed E-state index contributed by atoms with van der Waals surface area (Å²) in [6.07, 6.45) is 10.7. The number of nitrogens with one attached hydrogen (secondary N) is 2. The first-order valence-electron chi connectivity index (χ1n) is 9.25. The number of hydrogen-bond acceptors (Lipinski definition) is 3. The van der Waals surface area contributed by atoms with E-state index in [1.807, 2.05) is 19.2 Å². The van der Waals surface area contributed by atoms with Crippen LogP contribution in [0.5, 0.6) is 0 Å². The summed E-state index contributed by atoms with van der Waals surface area (Å²) in [5, 5.41) is 6.11. The third-order valence-corrected chi connectivity index (χ3v) is 5.26. The van der Waals surface area contributed by atoms with Gasteiger partial charge >= 0.3 is 6.03 Å². The average Bonchev–Trinajstić information content (AvgIpc) is 2.57. The fourth-order valence-electron chi connectivity index (χ4n) is 3.90. The van der Waals surface area contributed by atoms with Crippen LogP contribution in [0.2, 0.25) is 0 Å². The van der Waals surface area contributed by atoms with Crippen LogP contribution in [0, 0.1) is 6.92 Å². The van der Waals surface area contributed by atoms with Crippen molar-refractivity contribution < 1.29 is 9.53 Å². The Balaban J connectivity index is 1.40. The number of rotatable bonds is 4. The SMILES string of the molecule is Cc1ccc(CCNC(=O)N[C@@H]2CCOC3(CCCCC3)C2)cn1. The minimum atomic E-state index is -0.0621. The number of aromatic nitrogens is 1. The number of amides is 2. The first kappa shape index (κ1) is 17.2. The standard InChI is InChI=1S/C19H29N3O2/c1-15-5-6-16(14-21-15)7-11-20-18(23)22-17-8-12-24-19(13-17)9-3-2-4-10-19/h5-6,14,17H,2-4,7-13H2,1H3,(H2,20,22,23)/t17-/m1/s1. The van der Waals surface area contributed by atoms with Crippen LogP contribution >= 0.6 is 0 Å². The summed E-state index contributed by atoms with van der Waals surface area (Å²) in [7, 11) is 0. The molecule has 0 unspecified atom stereocenters. The van der Waals surface area contributed by atoms with Gasteiger partial charge in [-0.2, -0.15) is 0 Å². The Kier molecular flexibility index (Phi) is 5.72. The maximum absolute atomic E-state index is 12.1. The van der Waals surface area contributed by atoms with Gasteiger partial charge < -0.3 is 15.4 Å². The van der Waals surface area contributed by atoms with Crippen LogP contribution in [-0.2, 0) is 11.2 Å². The molecule has 3 rings (SSSR count). The van der Waals surface area contributed by atoms with Gasteiger partial charge in [-0.1, -0.05) is 25.3 Å². The van der Waals surface area contributed by atoms with E-state index in [9.17, 15) is 4.79 Å². The van der Waals surface area contributed by atoms with E-state index in [-0.39, 0.29) is 17.7 Å². The van der Waals surface area contributed by atoms with Gasteiger partial charge in [-0.3, -0.25) is 4.98 Å². The predicted octanol–water partition coefficient (Wildman–Crippen LogP) is 3.11. The predicted molar refractivity (Wildman–Crippen MR) is 94.0 cm³/mol. The molecule has 2 N–H and O–H groups in total. The Morgan fingerprint density at radius 2 is 2.17 bits per heavy atom. The number of carbonyl (C=O) groups is 1. The van der Waals surface area contributed by atoms with E-state index < -0.39 is 0 Å². The average molecular weight is 331 g/mol. The lowest BCUT2D eigenvalue weighted by atomic mass is 9.78. The van der Waals surface area contributed by atoms with Crippen molar-refractivity contribution in [3.63, 3.8) is 0 Å². The number of carbonyl (C=O) groups excluding carboxylic acids is 1. The number of hydrogen-bond donors (Lipinski definition) is 2. The van der Waals surface area contributed by atoms with Gasteiger partial charge in [-0.15, -0.1) is 0 Å². The van der Waals surface area contributed by atoms with Crippen LogP contribution in [0.1, 0.15) is 56.2 Å². The fourth-order valence-corrected chi connectivity index (χ4v) is 3.90. The highest BCUT2D eigenvalue weighted by molar-refractivity contribution is 5.74. The van der Waals surface area contributed by atoms with Gasteiger partial charge in [-0.05, 0) is 50.7 Å². The third kappa shape index (κ3) is 4.69. The van der Waals surface area contributed by atoms with Crippen LogP contribution in [0.3, 0.4) is 0 Å². The molecule has 1 saturated carbocycles. The smallest absolute Gasteiger partial charge is 0.315 e. The van der Waals surface area contributed by atoms with Crippen LogP contribution in [0.25, 0.3) is 0 Å². The molecule has 2 amide bonds. The van der Waals surface area contributed by atoms with E-state index in [0.29, 0.717) is 6.54 Å². The number of urea groups is 1. The minimum absolute atomic E-state index is 0.0298. The summed E-state index contributed by atoms with van der Waals surface area (Å²) >= 11 is 0. The summed E-state index contributed by atoms with van der Waals surface area (Å²) in [6.45, 7) is 3.37. The Bertz CT molecular complexity index is 533. The van der Waals surface area contributed by atoms with Crippen molar-refractivity contribution in [3.05, 3.63) is 29.6 Å². The van der Waals surface area contributed by atoms with Crippen molar-refractivity contribution >= 4 is 6.03 Å². The highest BCUT2D eigenvalue weighted by Gasteiger charge is 2.38. The summed E-state index contributed by atoms with van der Waals surface area (Å²) in [4.78, 5) is 16.4. The van der Waals surface area contributed by atoms with E-state index in [1.165, 1.54) is 19.3 Å². The second-order valence-electron chi connectivity index (χ2n) is 7.24. The highest BCUT2D eigenvalue weighted by Crippen LogP contribution is 2.38. The van der Waals surface area contributed by atoms with Crippen LogP contribution in [0.15, 0.2) is 18.3 Å². The van der Waals surface area contributed by atoms with Crippen LogP contribution in [-0.4, -0.2) is 35.8 Å². The number of pyridine rings is 1. The molecule has 5 nitrogen and oxygen atoms in total. The van der Waals surface area contributed by atoms with Crippen molar-refractivity contribution in [2.24, 2.45) is 0 Å². The monoisotopic (exact) mass is 331 g/mol. The van der Waals surface area contributed by atoms with Gasteiger partial charge in [0.15, 0.2) is 0 Å². The second kappa shape index (κ2) is 7.97. The maximum atomic E-state index is 12.1. The van der Waals surface area contributed by atoms with Crippen molar-refractivity contribution in [3.8, 4) is 0 Å². The Hall–Kier alpha value is -1.62. The van der Waals surface area contributed by atoms with Crippen molar-refractivity contribution in [1.82, 2.24) is 15.6 Å². The summed E-state index contributed by atoms with van der Waals surface area (Å²) < 4.78 is 6.09. The lowest BCUT2D eigenvalue weighted by molar-refractivity contribution is -0.107. The zero-order valence-corrected chi connectivity index (χ0v) is 14.6. The summed E-state index contributed by atoms with van der Waals surface area (Å²) in [5.41, 5.74) is 2.19. The topological polar surface area (TPSA) is 63.2 Å². The highest BCUT2D eigenvalue weighted by atomic mass is 16.5. The first-order valence-corrected chi connectivity index (χ1v) is 9.25. The molecule has 0 radical (unpaired) electrons. The molecule has 1 aromatic heterocycles. The Morgan fingerprint density at radius 1 is 1.33 bits per heavy atom. The van der Waals surface area contributed by atoms with Crippen LogP contribution in [0.4, 0.5) is 4.79 Å². The molecule has 0 aromatic carbocycles. The van der Waals surface area contributed by atoms with E-state index >= 15 is 0 Å². The molecule has 2 heterocycles. The molecule has 1 spiro atoms. The van der Waals surface area contributed by atoms with Crippen LogP contribution < -0.4 is 10.6 Å². The Morgan fingerprint density at radius 3 is 2.92 bits per heavy atom. The molecule has 1 aliphatic heterocycles. The molecule has 1 aliphatic carbocycles. The van der Waals surface area contributed by atoms with Gasteiger partial charge in [0.25, 0.3) is 0 Å². The summed E-state index contributed by atoms with van der Waals surface area (Å²) in [5.74, 6) is 0. The molecule has 24 heavy (non-hydrogen) atoms. The molecule has 5 heteroatoms. The molecule has 2 fully saturated rings. The van der Waals surface area contributed by atoms with Gasteiger partial charge in [0.1, 0.15) is 0 Å². The first-order chi connectivity index (χ1) is 11.7. The molecule has 132 valence electrons. The normalized spacial score (nSPS) is 23.0. The van der Waals surface area contributed by atoms with Gasteiger partial charge in [0, 0.05) is 31.1 Å². The maximum Gasteiger partial charge on any atom is 0.315 e. The molecule has 1 atom stereocenters. The lowest BCUT2D eigenvalue weighted by Gasteiger charge is -2.43. The van der Waals surface area contributed by atoms with Crippen molar-refractivity contribution in [1.29, 1.82) is 0 Å². The van der Waals surface area contributed by atoms with Gasteiger partial charge in [0.2, 0.25) is 0 Å². The largest absolute Gasteiger partial charge is 0.375 e. The fraction of sp³-hybridized carbons (Fsp3) is 0.684. The molecule has 0 bridgehead atoms. The van der Waals surface area contributed by atoms with Gasteiger partial charge in [0.05, 0.1) is 5.60 Å². The zero-order valence-electron chi connectivity index (χ0n) is 14.6. The second-order valence-corrected chi connectivity index (χ2v) is 7.24. The number of aryl methyl sites for hydroxylation is 1.